The molecule has 0 saturated carbocycles. The first kappa shape index (κ1) is 15.1. The van der Waals surface area contributed by atoms with E-state index in [1.807, 2.05) is 6.92 Å². The smallest absolute Gasteiger partial charge is 0.327 e. The van der Waals surface area contributed by atoms with Crippen LogP contribution < -0.4 is 5.32 Å². The Kier molecular flexibility index (Phi) is 6.29. The van der Waals surface area contributed by atoms with Gasteiger partial charge in [0.1, 0.15) is 11.9 Å². The van der Waals surface area contributed by atoms with E-state index in [1.165, 1.54) is 6.07 Å². The molecule has 3 nitrogen and oxygen atoms in total. The number of esters is 1. The van der Waals surface area contributed by atoms with Crippen molar-refractivity contribution in [1.29, 1.82) is 0 Å². The monoisotopic (exact) mass is 317 g/mol. The van der Waals surface area contributed by atoms with E-state index in [0.29, 0.717) is 23.2 Å². The zero-order chi connectivity index (χ0) is 13.5. The van der Waals surface area contributed by atoms with Gasteiger partial charge in [-0.05, 0) is 53.5 Å². The molecule has 18 heavy (non-hydrogen) atoms. The quantitative estimate of drug-likeness (QED) is 0.819. The lowest BCUT2D eigenvalue weighted by atomic mass is 10.1. The maximum absolute atomic E-state index is 13.2. The van der Waals surface area contributed by atoms with Gasteiger partial charge in [0.05, 0.1) is 11.1 Å². The summed E-state index contributed by atoms with van der Waals surface area (Å²) in [5.74, 6) is -0.693. The number of benzene rings is 1. The second kappa shape index (κ2) is 7.48. The molecule has 0 saturated heterocycles. The summed E-state index contributed by atoms with van der Waals surface area (Å²) in [6.45, 7) is 4.79. The standard InChI is InChI=1S/C13H17BrFNO2/c1-3-7-16-12(13(17)18-4-2)9-5-6-11(15)10(14)8-9/h5-6,8,12,16H,3-4,7H2,1-2H3. The molecule has 0 aliphatic rings. The summed E-state index contributed by atoms with van der Waals surface area (Å²) < 4.78 is 18.5. The van der Waals surface area contributed by atoms with Crippen molar-refractivity contribution < 1.29 is 13.9 Å². The van der Waals surface area contributed by atoms with Crippen LogP contribution in [0, 0.1) is 5.82 Å². The van der Waals surface area contributed by atoms with Crippen LogP contribution in [0.5, 0.6) is 0 Å². The van der Waals surface area contributed by atoms with E-state index in [1.54, 1.807) is 19.1 Å². The van der Waals surface area contributed by atoms with Crippen molar-refractivity contribution in [2.45, 2.75) is 26.3 Å². The van der Waals surface area contributed by atoms with Gasteiger partial charge >= 0.3 is 5.97 Å². The van der Waals surface area contributed by atoms with Gasteiger partial charge in [-0.1, -0.05) is 13.0 Å². The van der Waals surface area contributed by atoms with Crippen molar-refractivity contribution in [3.8, 4) is 0 Å². The zero-order valence-corrected chi connectivity index (χ0v) is 12.1. The van der Waals surface area contributed by atoms with Crippen LogP contribution in [0.4, 0.5) is 4.39 Å². The van der Waals surface area contributed by atoms with Crippen molar-refractivity contribution in [3.05, 3.63) is 34.1 Å². The van der Waals surface area contributed by atoms with E-state index in [4.69, 9.17) is 4.74 Å². The molecule has 5 heteroatoms. The van der Waals surface area contributed by atoms with E-state index < -0.39 is 6.04 Å². The predicted molar refractivity (Wildman–Crippen MR) is 71.8 cm³/mol. The molecule has 0 bridgehead atoms. The van der Waals surface area contributed by atoms with E-state index in [-0.39, 0.29) is 11.8 Å². The van der Waals surface area contributed by atoms with Gasteiger partial charge in [-0.3, -0.25) is 0 Å². The molecule has 0 amide bonds. The first-order chi connectivity index (χ1) is 8.60. The molecule has 0 radical (unpaired) electrons. The Balaban J connectivity index is 2.93. The van der Waals surface area contributed by atoms with Gasteiger partial charge in [0.15, 0.2) is 0 Å². The van der Waals surface area contributed by atoms with Crippen molar-refractivity contribution >= 4 is 21.9 Å². The van der Waals surface area contributed by atoms with Crippen molar-refractivity contribution in [3.63, 3.8) is 0 Å². The largest absolute Gasteiger partial charge is 0.465 e. The number of carbonyl (C=O) groups excluding carboxylic acids is 1. The molecule has 0 heterocycles. The molecule has 1 aromatic carbocycles. The number of nitrogens with one attached hydrogen (secondary N) is 1. The molecular formula is C13H17BrFNO2. The summed E-state index contributed by atoms with van der Waals surface area (Å²) in [4.78, 5) is 11.9. The van der Waals surface area contributed by atoms with E-state index in [0.717, 1.165) is 6.42 Å². The zero-order valence-electron chi connectivity index (χ0n) is 10.5. The van der Waals surface area contributed by atoms with Gasteiger partial charge in [0, 0.05) is 0 Å². The maximum Gasteiger partial charge on any atom is 0.327 e. The molecule has 1 aromatic rings. The van der Waals surface area contributed by atoms with E-state index >= 15 is 0 Å². The van der Waals surface area contributed by atoms with Crippen molar-refractivity contribution in [2.75, 3.05) is 13.2 Å². The average molecular weight is 318 g/mol. The Morgan fingerprint density at radius 2 is 2.22 bits per heavy atom. The van der Waals surface area contributed by atoms with Crippen LogP contribution in [0.3, 0.4) is 0 Å². The highest BCUT2D eigenvalue weighted by Gasteiger charge is 2.21. The Bertz CT molecular complexity index is 412. The third-order valence-electron chi connectivity index (χ3n) is 2.40. The van der Waals surface area contributed by atoms with Gasteiger partial charge < -0.3 is 10.1 Å². The minimum atomic E-state index is -0.554. The van der Waals surface area contributed by atoms with Crippen LogP contribution in [0.1, 0.15) is 31.9 Å². The average Bonchev–Trinajstić information content (AvgIpc) is 2.34. The van der Waals surface area contributed by atoms with Crippen LogP contribution >= 0.6 is 15.9 Å². The normalized spacial score (nSPS) is 12.2. The lowest BCUT2D eigenvalue weighted by Gasteiger charge is -2.17. The molecule has 1 N–H and O–H groups in total. The molecule has 0 aliphatic carbocycles. The summed E-state index contributed by atoms with van der Waals surface area (Å²) in [6, 6.07) is 3.96. The highest BCUT2D eigenvalue weighted by molar-refractivity contribution is 9.10. The van der Waals surface area contributed by atoms with Gasteiger partial charge in [-0.2, -0.15) is 0 Å². The highest BCUT2D eigenvalue weighted by Crippen LogP contribution is 2.22. The molecule has 0 spiro atoms. The molecule has 1 rings (SSSR count). The molecule has 0 fully saturated rings. The molecular weight excluding hydrogens is 301 g/mol. The van der Waals surface area contributed by atoms with Gasteiger partial charge in [0.2, 0.25) is 0 Å². The Hall–Kier alpha value is -0.940. The number of rotatable bonds is 6. The van der Waals surface area contributed by atoms with Gasteiger partial charge in [-0.25, -0.2) is 9.18 Å². The summed E-state index contributed by atoms with van der Waals surface area (Å²) in [5, 5.41) is 3.10. The first-order valence-electron chi connectivity index (χ1n) is 5.95. The van der Waals surface area contributed by atoms with Crippen molar-refractivity contribution in [2.24, 2.45) is 0 Å². The van der Waals surface area contributed by atoms with Crippen LogP contribution in [0.15, 0.2) is 22.7 Å². The fraction of sp³-hybridized carbons (Fsp3) is 0.462. The topological polar surface area (TPSA) is 38.3 Å². The first-order valence-corrected chi connectivity index (χ1v) is 6.74. The molecule has 0 aromatic heterocycles. The van der Waals surface area contributed by atoms with Gasteiger partial charge in [0.25, 0.3) is 0 Å². The van der Waals surface area contributed by atoms with Crippen molar-refractivity contribution in [1.82, 2.24) is 5.32 Å². The Morgan fingerprint density at radius 1 is 1.50 bits per heavy atom. The number of hydrogen-bond acceptors (Lipinski definition) is 3. The second-order valence-corrected chi connectivity index (χ2v) is 4.67. The Labute approximate surface area is 115 Å². The van der Waals surface area contributed by atoms with E-state index in [2.05, 4.69) is 21.2 Å². The number of carbonyl (C=O) groups is 1. The summed E-state index contributed by atoms with van der Waals surface area (Å²) in [7, 11) is 0. The third-order valence-corrected chi connectivity index (χ3v) is 3.01. The van der Waals surface area contributed by atoms with E-state index in [9.17, 15) is 9.18 Å². The SMILES string of the molecule is CCCNC(C(=O)OCC)c1ccc(F)c(Br)c1. The summed E-state index contributed by atoms with van der Waals surface area (Å²) in [5.41, 5.74) is 0.690. The lowest BCUT2D eigenvalue weighted by Crippen LogP contribution is -2.30. The van der Waals surface area contributed by atoms with Crippen LogP contribution in [-0.2, 0) is 9.53 Å². The molecule has 1 atom stereocenters. The fourth-order valence-corrected chi connectivity index (χ4v) is 1.94. The fourth-order valence-electron chi connectivity index (χ4n) is 1.54. The number of ether oxygens (including phenoxy) is 1. The number of hydrogen-bond donors (Lipinski definition) is 1. The maximum atomic E-state index is 13.2. The van der Waals surface area contributed by atoms with Gasteiger partial charge in [-0.15, -0.1) is 0 Å². The summed E-state index contributed by atoms with van der Waals surface area (Å²) in [6.07, 6.45) is 0.901. The van der Waals surface area contributed by atoms with Crippen LogP contribution in [0.2, 0.25) is 0 Å². The minimum absolute atomic E-state index is 0.325. The van der Waals surface area contributed by atoms with Crippen LogP contribution in [-0.4, -0.2) is 19.1 Å². The number of halogens is 2. The predicted octanol–water partition coefficient (Wildman–Crippen LogP) is 3.19. The third kappa shape index (κ3) is 4.07. The van der Waals surface area contributed by atoms with Crippen LogP contribution in [0.25, 0.3) is 0 Å². The summed E-state index contributed by atoms with van der Waals surface area (Å²) >= 11 is 3.12. The minimum Gasteiger partial charge on any atom is -0.465 e. The highest BCUT2D eigenvalue weighted by atomic mass is 79.9. The second-order valence-electron chi connectivity index (χ2n) is 3.81. The molecule has 1 unspecified atom stereocenters. The molecule has 0 aliphatic heterocycles. The lowest BCUT2D eigenvalue weighted by molar-refractivity contribution is -0.145. The molecule has 100 valence electrons. The Morgan fingerprint density at radius 3 is 2.78 bits per heavy atom.